The fraction of sp³-hybridized carbons (Fsp3) is 0.250. The minimum atomic E-state index is -2.98. The van der Waals surface area contributed by atoms with E-state index in [1.54, 1.807) is 0 Å². The van der Waals surface area contributed by atoms with Crippen molar-refractivity contribution >= 4 is 20.2 Å². The predicted octanol–water partition coefficient (Wildman–Crippen LogP) is 1.43. The van der Waals surface area contributed by atoms with Gasteiger partial charge in [0, 0.05) is 11.2 Å². The second-order valence-corrected chi connectivity index (χ2v) is 4.93. The van der Waals surface area contributed by atoms with Crippen LogP contribution in [0, 0.1) is 0 Å². The fourth-order valence-corrected chi connectivity index (χ4v) is 1.28. The standard InChI is InChI=1S/C8H10O3S2/c1-10-13(9,12)11-7-8-5-3-2-4-6-8/h2-6H,7H2,1H3. The third-order valence-electron chi connectivity index (χ3n) is 1.42. The Hall–Kier alpha value is -0.490. The fourth-order valence-electron chi connectivity index (χ4n) is 0.763. The van der Waals surface area contributed by atoms with Gasteiger partial charge in [0.1, 0.15) is 0 Å². The maximum Gasteiger partial charge on any atom is 0.269 e. The highest BCUT2D eigenvalue weighted by atomic mass is 32.9. The van der Waals surface area contributed by atoms with Crippen LogP contribution in [0.3, 0.4) is 0 Å². The minimum absolute atomic E-state index is 0.205. The van der Waals surface area contributed by atoms with Crippen molar-refractivity contribution in [2.24, 2.45) is 0 Å². The molecule has 1 unspecified atom stereocenters. The van der Waals surface area contributed by atoms with Gasteiger partial charge in [0.25, 0.3) is 9.05 Å². The second-order valence-electron chi connectivity index (χ2n) is 2.32. The van der Waals surface area contributed by atoms with Crippen LogP contribution in [0.2, 0.25) is 0 Å². The maximum absolute atomic E-state index is 11.1. The minimum Gasteiger partial charge on any atom is -0.273 e. The molecule has 0 N–H and O–H groups in total. The Morgan fingerprint density at radius 2 is 2.00 bits per heavy atom. The zero-order valence-corrected chi connectivity index (χ0v) is 8.77. The molecule has 1 rings (SSSR count). The maximum atomic E-state index is 11.1. The Labute approximate surface area is 82.8 Å². The Balaban J connectivity index is 2.54. The lowest BCUT2D eigenvalue weighted by atomic mass is 10.2. The molecule has 0 spiro atoms. The summed E-state index contributed by atoms with van der Waals surface area (Å²) >= 11 is 4.53. The molecule has 1 aromatic carbocycles. The van der Waals surface area contributed by atoms with Crippen molar-refractivity contribution in [1.82, 2.24) is 0 Å². The van der Waals surface area contributed by atoms with Gasteiger partial charge in [-0.3, -0.25) is 8.37 Å². The van der Waals surface area contributed by atoms with Crippen LogP contribution in [0.5, 0.6) is 0 Å². The van der Waals surface area contributed by atoms with E-state index in [9.17, 15) is 4.21 Å². The van der Waals surface area contributed by atoms with Crippen molar-refractivity contribution in [2.75, 3.05) is 7.11 Å². The van der Waals surface area contributed by atoms with Gasteiger partial charge in [0.15, 0.2) is 0 Å². The first-order chi connectivity index (χ1) is 6.14. The van der Waals surface area contributed by atoms with Crippen molar-refractivity contribution in [3.05, 3.63) is 35.9 Å². The van der Waals surface area contributed by atoms with Crippen LogP contribution in [-0.4, -0.2) is 11.3 Å². The van der Waals surface area contributed by atoms with Crippen LogP contribution < -0.4 is 0 Å². The largest absolute Gasteiger partial charge is 0.273 e. The quantitative estimate of drug-likeness (QED) is 0.766. The van der Waals surface area contributed by atoms with Crippen LogP contribution in [0.25, 0.3) is 0 Å². The van der Waals surface area contributed by atoms with Crippen LogP contribution in [-0.2, 0) is 35.2 Å². The smallest absolute Gasteiger partial charge is 0.269 e. The van der Waals surface area contributed by atoms with E-state index in [4.69, 9.17) is 4.18 Å². The molecular weight excluding hydrogens is 208 g/mol. The van der Waals surface area contributed by atoms with E-state index in [-0.39, 0.29) is 6.61 Å². The Morgan fingerprint density at radius 1 is 1.38 bits per heavy atom. The van der Waals surface area contributed by atoms with E-state index in [0.29, 0.717) is 0 Å². The van der Waals surface area contributed by atoms with Gasteiger partial charge in [0.2, 0.25) is 0 Å². The summed E-state index contributed by atoms with van der Waals surface area (Å²) in [7, 11) is -1.72. The summed E-state index contributed by atoms with van der Waals surface area (Å²) in [5.41, 5.74) is 0.914. The van der Waals surface area contributed by atoms with Gasteiger partial charge in [0.05, 0.1) is 13.7 Å². The molecule has 0 aliphatic heterocycles. The van der Waals surface area contributed by atoms with E-state index in [1.807, 2.05) is 30.3 Å². The molecule has 0 bridgehead atoms. The molecule has 0 aromatic heterocycles. The predicted molar refractivity (Wildman–Crippen MR) is 53.7 cm³/mol. The number of rotatable bonds is 4. The molecule has 1 aromatic rings. The van der Waals surface area contributed by atoms with Gasteiger partial charge >= 0.3 is 0 Å². The van der Waals surface area contributed by atoms with Crippen molar-refractivity contribution in [1.29, 1.82) is 0 Å². The SMILES string of the molecule is COS(=O)(=S)OCc1ccccc1. The summed E-state index contributed by atoms with van der Waals surface area (Å²) in [5, 5.41) is 0. The molecule has 0 saturated heterocycles. The molecule has 72 valence electrons. The molecule has 0 aliphatic rings. The molecule has 1 atom stereocenters. The van der Waals surface area contributed by atoms with Crippen LogP contribution in [0.15, 0.2) is 30.3 Å². The number of hydrogen-bond acceptors (Lipinski definition) is 4. The average Bonchev–Trinajstić information content (AvgIpc) is 2.17. The monoisotopic (exact) mass is 218 g/mol. The van der Waals surface area contributed by atoms with Gasteiger partial charge < -0.3 is 0 Å². The summed E-state index contributed by atoms with van der Waals surface area (Å²) in [6.07, 6.45) is 0. The van der Waals surface area contributed by atoms with E-state index in [0.717, 1.165) is 5.56 Å². The summed E-state index contributed by atoms with van der Waals surface area (Å²) in [6, 6.07) is 9.36. The molecule has 0 amide bonds. The van der Waals surface area contributed by atoms with E-state index in [2.05, 4.69) is 15.4 Å². The van der Waals surface area contributed by atoms with Gasteiger partial charge in [-0.2, -0.15) is 4.21 Å². The highest BCUT2D eigenvalue weighted by Gasteiger charge is 2.03. The molecule has 3 nitrogen and oxygen atoms in total. The Bertz CT molecular complexity index is 345. The Morgan fingerprint density at radius 3 is 2.54 bits per heavy atom. The molecular formula is C8H10O3S2. The molecule has 0 aliphatic carbocycles. The molecule has 0 saturated carbocycles. The van der Waals surface area contributed by atoms with Gasteiger partial charge in [-0.05, 0) is 5.56 Å². The molecule has 0 radical (unpaired) electrons. The molecule has 0 fully saturated rings. The first-order valence-corrected chi connectivity index (χ1v) is 5.96. The second kappa shape index (κ2) is 4.66. The Kier molecular flexibility index (Phi) is 3.80. The van der Waals surface area contributed by atoms with Gasteiger partial charge in [-0.25, -0.2) is 0 Å². The molecule has 0 heterocycles. The third-order valence-corrected chi connectivity index (χ3v) is 2.93. The average molecular weight is 218 g/mol. The van der Waals surface area contributed by atoms with Crippen LogP contribution >= 0.6 is 0 Å². The first-order valence-electron chi connectivity index (χ1n) is 3.63. The van der Waals surface area contributed by atoms with Gasteiger partial charge in [-0.1, -0.05) is 30.3 Å². The summed E-state index contributed by atoms with van der Waals surface area (Å²) < 4.78 is 20.5. The third kappa shape index (κ3) is 3.82. The van der Waals surface area contributed by atoms with Crippen LogP contribution in [0.1, 0.15) is 5.56 Å². The van der Waals surface area contributed by atoms with E-state index in [1.165, 1.54) is 7.11 Å². The molecule has 13 heavy (non-hydrogen) atoms. The highest BCUT2D eigenvalue weighted by molar-refractivity contribution is 8.27. The zero-order chi connectivity index (χ0) is 9.73. The van der Waals surface area contributed by atoms with Gasteiger partial charge in [-0.15, -0.1) is 0 Å². The number of hydrogen-bond donors (Lipinski definition) is 0. The number of benzene rings is 1. The van der Waals surface area contributed by atoms with E-state index < -0.39 is 9.05 Å². The van der Waals surface area contributed by atoms with Crippen molar-refractivity contribution in [3.63, 3.8) is 0 Å². The molecule has 5 heteroatoms. The normalized spacial score (nSPS) is 15.2. The first kappa shape index (κ1) is 10.6. The van der Waals surface area contributed by atoms with E-state index >= 15 is 0 Å². The summed E-state index contributed by atoms with van der Waals surface area (Å²) in [6.45, 7) is 0.205. The lowest BCUT2D eigenvalue weighted by Crippen LogP contribution is -2.05. The summed E-state index contributed by atoms with van der Waals surface area (Å²) in [5.74, 6) is 0. The summed E-state index contributed by atoms with van der Waals surface area (Å²) in [4.78, 5) is 0. The van der Waals surface area contributed by atoms with Crippen LogP contribution in [0.4, 0.5) is 0 Å². The zero-order valence-electron chi connectivity index (χ0n) is 7.14. The topological polar surface area (TPSA) is 35.5 Å². The lowest BCUT2D eigenvalue weighted by Gasteiger charge is -2.04. The lowest BCUT2D eigenvalue weighted by molar-refractivity contribution is 0.271. The van der Waals surface area contributed by atoms with Crippen molar-refractivity contribution in [3.8, 4) is 0 Å². The highest BCUT2D eigenvalue weighted by Crippen LogP contribution is 2.04. The van der Waals surface area contributed by atoms with Crippen molar-refractivity contribution < 1.29 is 12.6 Å². The van der Waals surface area contributed by atoms with Crippen molar-refractivity contribution in [2.45, 2.75) is 6.61 Å².